The quantitative estimate of drug-likeness (QED) is 0.841. The van der Waals surface area contributed by atoms with Crippen molar-refractivity contribution < 1.29 is 18.0 Å². The predicted molar refractivity (Wildman–Crippen MR) is 86.1 cm³/mol. The lowest BCUT2D eigenvalue weighted by Crippen LogP contribution is -2.24. The van der Waals surface area contributed by atoms with Crippen LogP contribution in [0.1, 0.15) is 36.0 Å². The first-order valence-electron chi connectivity index (χ1n) is 7.73. The molecule has 0 saturated heterocycles. The van der Waals surface area contributed by atoms with E-state index in [2.05, 4.69) is 15.5 Å². The van der Waals surface area contributed by atoms with Crippen LogP contribution in [0.4, 0.5) is 13.2 Å². The molecule has 6 nitrogen and oxygen atoms in total. The lowest BCUT2D eigenvalue weighted by Gasteiger charge is -2.07. The molecule has 1 N–H and O–H groups in total. The van der Waals surface area contributed by atoms with Crippen molar-refractivity contribution in [1.29, 1.82) is 0 Å². The van der Waals surface area contributed by atoms with E-state index in [4.69, 9.17) is 11.6 Å². The van der Waals surface area contributed by atoms with E-state index in [1.165, 1.54) is 6.92 Å². The Kier molecular flexibility index (Phi) is 5.76. The summed E-state index contributed by atoms with van der Waals surface area (Å²) < 4.78 is 41.2. The van der Waals surface area contributed by atoms with Gasteiger partial charge in [0.1, 0.15) is 0 Å². The third kappa shape index (κ3) is 4.33. The number of aryl methyl sites for hydroxylation is 2. The minimum absolute atomic E-state index is 0.00287. The Labute approximate surface area is 147 Å². The summed E-state index contributed by atoms with van der Waals surface area (Å²) in [6.45, 7) is 6.38. The molecular weight excluding hydrogens is 359 g/mol. The van der Waals surface area contributed by atoms with Gasteiger partial charge in [0, 0.05) is 30.8 Å². The highest BCUT2D eigenvalue weighted by Gasteiger charge is 2.38. The zero-order chi connectivity index (χ0) is 18.8. The minimum atomic E-state index is -4.62. The number of carbonyl (C=O) groups excluding carboxylic acids is 1. The Hall–Kier alpha value is -2.03. The van der Waals surface area contributed by atoms with Crippen LogP contribution in [0.5, 0.6) is 0 Å². The van der Waals surface area contributed by atoms with Crippen molar-refractivity contribution in [2.45, 2.75) is 53.0 Å². The van der Waals surface area contributed by atoms with E-state index >= 15 is 0 Å². The summed E-state index contributed by atoms with van der Waals surface area (Å²) in [6, 6.07) is 0. The van der Waals surface area contributed by atoms with E-state index in [0.29, 0.717) is 6.54 Å². The van der Waals surface area contributed by atoms with Gasteiger partial charge in [0.25, 0.3) is 0 Å². The van der Waals surface area contributed by atoms with Gasteiger partial charge in [0.15, 0.2) is 5.69 Å². The predicted octanol–water partition coefficient (Wildman–Crippen LogP) is 3.10. The van der Waals surface area contributed by atoms with Crippen LogP contribution in [0.3, 0.4) is 0 Å². The maximum absolute atomic E-state index is 12.8. The highest BCUT2D eigenvalue weighted by atomic mass is 35.5. The molecule has 0 radical (unpaired) electrons. The van der Waals surface area contributed by atoms with Gasteiger partial charge in [0.05, 0.1) is 23.5 Å². The van der Waals surface area contributed by atoms with Crippen LogP contribution in [0, 0.1) is 13.8 Å². The summed E-state index contributed by atoms with van der Waals surface area (Å²) in [5.74, 6) is -0.289. The second-order valence-corrected chi connectivity index (χ2v) is 5.94. The zero-order valence-electron chi connectivity index (χ0n) is 14.1. The summed E-state index contributed by atoms with van der Waals surface area (Å²) in [5.41, 5.74) is 0.914. The summed E-state index contributed by atoms with van der Waals surface area (Å²) in [6.07, 6.45) is -2.93. The van der Waals surface area contributed by atoms with E-state index in [0.717, 1.165) is 22.5 Å². The number of amides is 1. The Balaban J connectivity index is 1.93. The van der Waals surface area contributed by atoms with Crippen LogP contribution >= 0.6 is 11.6 Å². The molecule has 10 heteroatoms. The molecule has 0 spiro atoms. The fourth-order valence-electron chi connectivity index (χ4n) is 2.39. The Morgan fingerprint density at radius 1 is 1.28 bits per heavy atom. The van der Waals surface area contributed by atoms with Crippen molar-refractivity contribution >= 4 is 17.5 Å². The first-order valence-corrected chi connectivity index (χ1v) is 8.11. The van der Waals surface area contributed by atoms with Crippen molar-refractivity contribution in [3.63, 3.8) is 0 Å². The SMILES string of the molecule is CCn1ncc(CNC(=O)CCn2nc(C(F)(F)F)c(Cl)c2C)c1C. The van der Waals surface area contributed by atoms with Gasteiger partial charge in [-0.05, 0) is 20.8 Å². The monoisotopic (exact) mass is 377 g/mol. The van der Waals surface area contributed by atoms with Crippen LogP contribution in [-0.4, -0.2) is 25.5 Å². The summed E-state index contributed by atoms with van der Waals surface area (Å²) >= 11 is 5.68. The number of alkyl halides is 3. The second-order valence-electron chi connectivity index (χ2n) is 5.57. The van der Waals surface area contributed by atoms with E-state index in [1.807, 2.05) is 18.5 Å². The van der Waals surface area contributed by atoms with Crippen LogP contribution in [0.25, 0.3) is 0 Å². The Bertz CT molecular complexity index is 766. The van der Waals surface area contributed by atoms with Gasteiger partial charge in [0.2, 0.25) is 5.91 Å². The van der Waals surface area contributed by atoms with E-state index < -0.39 is 16.9 Å². The van der Waals surface area contributed by atoms with Crippen LogP contribution in [0.15, 0.2) is 6.20 Å². The van der Waals surface area contributed by atoms with Gasteiger partial charge >= 0.3 is 6.18 Å². The molecule has 0 atom stereocenters. The molecule has 0 bridgehead atoms. The van der Waals surface area contributed by atoms with Crippen molar-refractivity contribution in [1.82, 2.24) is 24.9 Å². The van der Waals surface area contributed by atoms with E-state index in [1.54, 1.807) is 6.20 Å². The van der Waals surface area contributed by atoms with Gasteiger partial charge < -0.3 is 5.32 Å². The van der Waals surface area contributed by atoms with Gasteiger partial charge in [-0.15, -0.1) is 0 Å². The number of nitrogens with zero attached hydrogens (tertiary/aromatic N) is 4. The molecule has 2 heterocycles. The Morgan fingerprint density at radius 2 is 1.96 bits per heavy atom. The minimum Gasteiger partial charge on any atom is -0.352 e. The first kappa shape index (κ1) is 19.3. The van der Waals surface area contributed by atoms with Crippen molar-refractivity contribution in [3.8, 4) is 0 Å². The number of halogens is 4. The summed E-state index contributed by atoms with van der Waals surface area (Å²) in [7, 11) is 0. The molecular formula is C15H19ClF3N5O. The Morgan fingerprint density at radius 3 is 2.48 bits per heavy atom. The van der Waals surface area contributed by atoms with Crippen LogP contribution in [-0.2, 0) is 30.6 Å². The third-order valence-corrected chi connectivity index (χ3v) is 4.39. The molecule has 25 heavy (non-hydrogen) atoms. The van der Waals surface area contributed by atoms with Crippen LogP contribution < -0.4 is 5.32 Å². The zero-order valence-corrected chi connectivity index (χ0v) is 14.9. The maximum Gasteiger partial charge on any atom is 0.436 e. The molecule has 0 fully saturated rings. The van der Waals surface area contributed by atoms with Gasteiger partial charge in [-0.1, -0.05) is 11.6 Å². The van der Waals surface area contributed by atoms with Crippen LogP contribution in [0.2, 0.25) is 5.02 Å². The molecule has 2 rings (SSSR count). The molecule has 0 aliphatic carbocycles. The summed E-state index contributed by atoms with van der Waals surface area (Å²) in [5, 5.41) is 9.94. The number of nitrogens with one attached hydrogen (secondary N) is 1. The van der Waals surface area contributed by atoms with E-state index in [-0.39, 0.29) is 24.6 Å². The van der Waals surface area contributed by atoms with Crippen molar-refractivity contribution in [2.75, 3.05) is 0 Å². The molecule has 0 aromatic carbocycles. The van der Waals surface area contributed by atoms with Gasteiger partial charge in [-0.25, -0.2) is 0 Å². The highest BCUT2D eigenvalue weighted by Crippen LogP contribution is 2.35. The third-order valence-electron chi connectivity index (χ3n) is 3.93. The topological polar surface area (TPSA) is 64.7 Å². The van der Waals surface area contributed by atoms with Gasteiger partial charge in [-0.2, -0.15) is 23.4 Å². The molecule has 0 aliphatic rings. The molecule has 2 aromatic heterocycles. The number of aromatic nitrogens is 4. The maximum atomic E-state index is 12.8. The number of hydrogen-bond donors (Lipinski definition) is 1. The number of hydrogen-bond acceptors (Lipinski definition) is 3. The number of rotatable bonds is 6. The fraction of sp³-hybridized carbons (Fsp3) is 0.533. The molecule has 138 valence electrons. The lowest BCUT2D eigenvalue weighted by atomic mass is 10.2. The first-order chi connectivity index (χ1) is 11.6. The highest BCUT2D eigenvalue weighted by molar-refractivity contribution is 6.31. The van der Waals surface area contributed by atoms with Crippen molar-refractivity contribution in [2.24, 2.45) is 0 Å². The molecule has 2 aromatic rings. The fourth-order valence-corrected chi connectivity index (χ4v) is 2.63. The van der Waals surface area contributed by atoms with E-state index in [9.17, 15) is 18.0 Å². The average molecular weight is 378 g/mol. The largest absolute Gasteiger partial charge is 0.436 e. The summed E-state index contributed by atoms with van der Waals surface area (Å²) in [4.78, 5) is 11.9. The van der Waals surface area contributed by atoms with Gasteiger partial charge in [-0.3, -0.25) is 14.2 Å². The normalized spacial score (nSPS) is 11.8. The van der Waals surface area contributed by atoms with Crippen molar-refractivity contribution in [3.05, 3.63) is 33.9 Å². The lowest BCUT2D eigenvalue weighted by molar-refractivity contribution is -0.141. The second kappa shape index (κ2) is 7.47. The molecule has 1 amide bonds. The average Bonchev–Trinajstić information content (AvgIpc) is 3.04. The number of carbonyl (C=O) groups is 1. The molecule has 0 unspecified atom stereocenters. The smallest absolute Gasteiger partial charge is 0.352 e. The standard InChI is InChI=1S/C15H19ClF3N5O/c1-4-23-9(2)11(8-21-23)7-20-12(25)5-6-24-10(3)13(16)14(22-24)15(17,18)19/h8H,4-7H2,1-3H3,(H,20,25). The molecule has 0 aliphatic heterocycles. The molecule has 0 saturated carbocycles.